The van der Waals surface area contributed by atoms with Crippen molar-refractivity contribution in [1.82, 2.24) is 9.78 Å². The number of hydrogen-bond acceptors (Lipinski definition) is 4. The highest BCUT2D eigenvalue weighted by molar-refractivity contribution is 6.33. The molecule has 0 fully saturated rings. The van der Waals surface area contributed by atoms with Gasteiger partial charge < -0.3 is 5.32 Å². The molecule has 1 amide bonds. The van der Waals surface area contributed by atoms with E-state index in [1.165, 1.54) is 11.6 Å². The van der Waals surface area contributed by atoms with Crippen molar-refractivity contribution < 1.29 is 9.72 Å². The highest BCUT2D eigenvalue weighted by Gasteiger charge is 2.22. The number of aromatic nitrogens is 2. The third-order valence-corrected chi connectivity index (χ3v) is 3.53. The molecule has 1 heterocycles. The van der Waals surface area contributed by atoms with Crippen molar-refractivity contribution in [2.24, 2.45) is 0 Å². The van der Waals surface area contributed by atoms with E-state index in [9.17, 15) is 14.9 Å². The van der Waals surface area contributed by atoms with Gasteiger partial charge in [0.25, 0.3) is 0 Å². The van der Waals surface area contributed by atoms with E-state index >= 15 is 0 Å². The smallest absolute Gasteiger partial charge is 0.312 e. The molecule has 0 aliphatic carbocycles. The molecule has 8 heteroatoms. The van der Waals surface area contributed by atoms with Crippen LogP contribution in [-0.2, 0) is 11.3 Å². The largest absolute Gasteiger partial charge is 0.323 e. The zero-order chi connectivity index (χ0) is 16.4. The number of carbonyl (C=O) groups excluding carboxylic acids is 1. The highest BCUT2D eigenvalue weighted by Crippen LogP contribution is 2.24. The van der Waals surface area contributed by atoms with Crippen LogP contribution in [0.15, 0.2) is 18.2 Å². The van der Waals surface area contributed by atoms with Gasteiger partial charge in [-0.15, -0.1) is 0 Å². The lowest BCUT2D eigenvalue weighted by Gasteiger charge is -2.08. The molecule has 0 saturated carbocycles. The Balaban J connectivity index is 2.16. The maximum absolute atomic E-state index is 12.1. The van der Waals surface area contributed by atoms with Crippen molar-refractivity contribution in [2.75, 3.05) is 5.32 Å². The Morgan fingerprint density at radius 1 is 1.41 bits per heavy atom. The first-order valence-corrected chi connectivity index (χ1v) is 6.91. The number of benzene rings is 1. The molecule has 1 N–H and O–H groups in total. The second kappa shape index (κ2) is 6.15. The molecule has 116 valence electrons. The third kappa shape index (κ3) is 3.25. The SMILES string of the molecule is Cc1ccc(NC(=O)Cn2nc(C)c([N+](=O)[O-])c2C)c(Cl)c1. The molecule has 22 heavy (non-hydrogen) atoms. The second-order valence-corrected chi connectivity index (χ2v) is 5.37. The van der Waals surface area contributed by atoms with Crippen molar-refractivity contribution in [3.63, 3.8) is 0 Å². The fourth-order valence-electron chi connectivity index (χ4n) is 2.15. The van der Waals surface area contributed by atoms with Crippen molar-refractivity contribution in [2.45, 2.75) is 27.3 Å². The minimum absolute atomic E-state index is 0.0684. The predicted octanol–water partition coefficient (Wildman–Crippen LogP) is 3.01. The number of nitrogens with one attached hydrogen (secondary N) is 1. The molecule has 7 nitrogen and oxygen atoms in total. The number of anilines is 1. The lowest BCUT2D eigenvalue weighted by atomic mass is 10.2. The summed E-state index contributed by atoms with van der Waals surface area (Å²) < 4.78 is 1.31. The molecular weight excluding hydrogens is 308 g/mol. The zero-order valence-corrected chi connectivity index (χ0v) is 13.1. The van der Waals surface area contributed by atoms with Crippen molar-refractivity contribution in [3.05, 3.63) is 50.3 Å². The molecule has 0 atom stereocenters. The minimum atomic E-state index is -0.497. The number of nitrogens with zero attached hydrogens (tertiary/aromatic N) is 3. The predicted molar refractivity (Wildman–Crippen MR) is 83.2 cm³/mol. The molecule has 0 aliphatic rings. The minimum Gasteiger partial charge on any atom is -0.323 e. The van der Waals surface area contributed by atoms with Gasteiger partial charge in [-0.2, -0.15) is 5.10 Å². The standard InChI is InChI=1S/C14H15ClN4O3/c1-8-4-5-12(11(15)6-8)16-13(20)7-18-10(3)14(19(21)22)9(2)17-18/h4-6H,7H2,1-3H3,(H,16,20). The first kappa shape index (κ1) is 16.0. The molecule has 1 aromatic carbocycles. The fourth-order valence-corrected chi connectivity index (χ4v) is 2.44. The quantitative estimate of drug-likeness (QED) is 0.692. The van der Waals surface area contributed by atoms with Crippen LogP contribution in [0.3, 0.4) is 0 Å². The van der Waals surface area contributed by atoms with Crippen LogP contribution in [0.4, 0.5) is 11.4 Å². The summed E-state index contributed by atoms with van der Waals surface area (Å²) in [4.78, 5) is 22.5. The molecule has 0 radical (unpaired) electrons. The maximum atomic E-state index is 12.1. The first-order valence-electron chi connectivity index (χ1n) is 6.54. The Morgan fingerprint density at radius 2 is 2.09 bits per heavy atom. The first-order chi connectivity index (χ1) is 10.3. The van der Waals surface area contributed by atoms with Crippen LogP contribution in [-0.4, -0.2) is 20.6 Å². The van der Waals surface area contributed by atoms with E-state index in [-0.39, 0.29) is 23.8 Å². The Kier molecular flexibility index (Phi) is 4.46. The van der Waals surface area contributed by atoms with Gasteiger partial charge >= 0.3 is 5.69 Å². The normalized spacial score (nSPS) is 10.5. The topological polar surface area (TPSA) is 90.1 Å². The fraction of sp³-hybridized carbons (Fsp3) is 0.286. The molecule has 2 rings (SSSR count). The molecule has 0 bridgehead atoms. The third-order valence-electron chi connectivity index (χ3n) is 3.22. The zero-order valence-electron chi connectivity index (χ0n) is 12.4. The average molecular weight is 323 g/mol. The summed E-state index contributed by atoms with van der Waals surface area (Å²) in [6, 6.07) is 5.28. The molecule has 0 aliphatic heterocycles. The molecule has 2 aromatic rings. The van der Waals surface area contributed by atoms with E-state index in [2.05, 4.69) is 10.4 Å². The lowest BCUT2D eigenvalue weighted by Crippen LogP contribution is -2.20. The average Bonchev–Trinajstić information content (AvgIpc) is 2.67. The lowest BCUT2D eigenvalue weighted by molar-refractivity contribution is -0.386. The Labute approximate surface area is 132 Å². The number of amides is 1. The van der Waals surface area contributed by atoms with Crippen LogP contribution < -0.4 is 5.32 Å². The molecule has 1 aromatic heterocycles. The Bertz CT molecular complexity index is 755. The maximum Gasteiger partial charge on any atom is 0.312 e. The van der Waals surface area contributed by atoms with Crippen LogP contribution in [0.5, 0.6) is 0 Å². The number of rotatable bonds is 4. The van der Waals surface area contributed by atoms with E-state index in [1.807, 2.05) is 13.0 Å². The van der Waals surface area contributed by atoms with E-state index in [1.54, 1.807) is 19.1 Å². The number of hydrogen-bond donors (Lipinski definition) is 1. The summed E-state index contributed by atoms with van der Waals surface area (Å²) in [6.45, 7) is 4.87. The number of halogens is 1. The Morgan fingerprint density at radius 3 is 2.64 bits per heavy atom. The van der Waals surface area contributed by atoms with Crippen LogP contribution in [0, 0.1) is 30.9 Å². The highest BCUT2D eigenvalue weighted by atomic mass is 35.5. The van der Waals surface area contributed by atoms with Gasteiger partial charge in [-0.05, 0) is 38.5 Å². The molecular formula is C14H15ClN4O3. The van der Waals surface area contributed by atoms with Gasteiger partial charge in [0.2, 0.25) is 5.91 Å². The van der Waals surface area contributed by atoms with Crippen LogP contribution in [0.25, 0.3) is 0 Å². The second-order valence-electron chi connectivity index (χ2n) is 4.97. The van der Waals surface area contributed by atoms with Crippen LogP contribution in [0.2, 0.25) is 5.02 Å². The van der Waals surface area contributed by atoms with Gasteiger partial charge in [-0.3, -0.25) is 19.6 Å². The summed E-state index contributed by atoms with van der Waals surface area (Å²) in [5.74, 6) is -0.355. The van der Waals surface area contributed by atoms with Gasteiger partial charge in [-0.1, -0.05) is 17.7 Å². The molecule has 0 unspecified atom stereocenters. The van der Waals surface area contributed by atoms with Crippen molar-refractivity contribution >= 4 is 28.9 Å². The number of nitro groups is 1. The monoisotopic (exact) mass is 322 g/mol. The van der Waals surface area contributed by atoms with E-state index in [0.717, 1.165) is 5.56 Å². The van der Waals surface area contributed by atoms with Gasteiger partial charge in [0, 0.05) is 0 Å². The van der Waals surface area contributed by atoms with Crippen LogP contribution >= 0.6 is 11.6 Å². The molecule has 0 spiro atoms. The van der Waals surface area contributed by atoms with Gasteiger partial charge in [0.15, 0.2) is 0 Å². The van der Waals surface area contributed by atoms with Gasteiger partial charge in [0.1, 0.15) is 17.9 Å². The van der Waals surface area contributed by atoms with Gasteiger partial charge in [-0.25, -0.2) is 0 Å². The van der Waals surface area contributed by atoms with Crippen molar-refractivity contribution in [1.29, 1.82) is 0 Å². The number of carbonyl (C=O) groups is 1. The Hall–Kier alpha value is -2.41. The molecule has 0 saturated heterocycles. The van der Waals surface area contributed by atoms with Crippen LogP contribution in [0.1, 0.15) is 17.0 Å². The van der Waals surface area contributed by atoms with Crippen molar-refractivity contribution in [3.8, 4) is 0 Å². The summed E-state index contributed by atoms with van der Waals surface area (Å²) >= 11 is 6.05. The summed E-state index contributed by atoms with van der Waals surface area (Å²) in [6.07, 6.45) is 0. The van der Waals surface area contributed by atoms with E-state index < -0.39 is 4.92 Å². The summed E-state index contributed by atoms with van der Waals surface area (Å²) in [7, 11) is 0. The van der Waals surface area contributed by atoms with E-state index in [4.69, 9.17) is 11.6 Å². The summed E-state index contributed by atoms with van der Waals surface area (Å²) in [5.41, 5.74) is 2.03. The van der Waals surface area contributed by atoms with Gasteiger partial charge in [0.05, 0.1) is 15.6 Å². The van der Waals surface area contributed by atoms with E-state index in [0.29, 0.717) is 16.4 Å². The number of aryl methyl sites for hydroxylation is 2. The summed E-state index contributed by atoms with van der Waals surface area (Å²) in [5, 5.41) is 18.1.